The minimum Gasteiger partial charge on any atom is -0.340 e. The van der Waals surface area contributed by atoms with Crippen molar-refractivity contribution in [1.82, 2.24) is 24.9 Å². The number of benzene rings is 1. The summed E-state index contributed by atoms with van der Waals surface area (Å²) in [5, 5.41) is 11.5. The molecule has 0 unspecified atom stereocenters. The predicted octanol–water partition coefficient (Wildman–Crippen LogP) is 2.55. The minimum absolute atomic E-state index is 0.574. The zero-order valence-corrected chi connectivity index (χ0v) is 12.5. The molecule has 108 valence electrons. The molecule has 0 aliphatic carbocycles. The number of halogens is 1. The van der Waals surface area contributed by atoms with Crippen molar-refractivity contribution in [2.75, 3.05) is 12.4 Å². The van der Waals surface area contributed by atoms with E-state index in [0.29, 0.717) is 23.2 Å². The first-order valence-corrected chi connectivity index (χ1v) is 6.94. The first-order valence-electron chi connectivity index (χ1n) is 6.56. The van der Waals surface area contributed by atoms with E-state index in [0.717, 1.165) is 17.2 Å². The SMILES string of the molecule is CNCc1nc2nc(C)cc(Nc3cccc(Cl)c3)n2n1. The standard InChI is InChI=1S/C14H15ClN6/c1-9-6-13(18-11-5-3-4-10(15)7-11)21-14(17-9)19-12(20-21)8-16-2/h3-7,16,18H,8H2,1-2H3. The van der Waals surface area contributed by atoms with Crippen LogP contribution in [0.2, 0.25) is 5.02 Å². The van der Waals surface area contributed by atoms with Crippen molar-refractivity contribution in [1.29, 1.82) is 0 Å². The molecule has 6 nitrogen and oxygen atoms in total. The second-order valence-corrected chi connectivity index (χ2v) is 5.12. The molecule has 0 radical (unpaired) electrons. The van der Waals surface area contributed by atoms with Crippen LogP contribution in [0.25, 0.3) is 5.78 Å². The van der Waals surface area contributed by atoms with E-state index in [-0.39, 0.29) is 0 Å². The van der Waals surface area contributed by atoms with Gasteiger partial charge in [-0.3, -0.25) is 0 Å². The van der Waals surface area contributed by atoms with Gasteiger partial charge < -0.3 is 10.6 Å². The van der Waals surface area contributed by atoms with Gasteiger partial charge in [-0.1, -0.05) is 17.7 Å². The summed E-state index contributed by atoms with van der Waals surface area (Å²) < 4.78 is 1.70. The maximum absolute atomic E-state index is 6.01. The lowest BCUT2D eigenvalue weighted by molar-refractivity contribution is 0.753. The highest BCUT2D eigenvalue weighted by atomic mass is 35.5. The Morgan fingerprint density at radius 1 is 1.24 bits per heavy atom. The summed E-state index contributed by atoms with van der Waals surface area (Å²) in [7, 11) is 1.86. The van der Waals surface area contributed by atoms with Crippen LogP contribution in [0.15, 0.2) is 30.3 Å². The number of fused-ring (bicyclic) bond motifs is 1. The lowest BCUT2D eigenvalue weighted by Gasteiger charge is -2.08. The third kappa shape index (κ3) is 2.96. The fraction of sp³-hybridized carbons (Fsp3) is 0.214. The molecule has 0 amide bonds. The fourth-order valence-corrected chi connectivity index (χ4v) is 2.25. The van der Waals surface area contributed by atoms with Crippen LogP contribution in [0.4, 0.5) is 11.5 Å². The number of anilines is 2. The van der Waals surface area contributed by atoms with Gasteiger partial charge in [0.1, 0.15) is 5.82 Å². The average molecular weight is 303 g/mol. The normalized spacial score (nSPS) is 11.0. The van der Waals surface area contributed by atoms with Crippen molar-refractivity contribution in [2.45, 2.75) is 13.5 Å². The van der Waals surface area contributed by atoms with Crippen molar-refractivity contribution in [3.05, 3.63) is 46.9 Å². The largest absolute Gasteiger partial charge is 0.340 e. The molecule has 0 fully saturated rings. The van der Waals surface area contributed by atoms with Gasteiger partial charge in [-0.05, 0) is 32.2 Å². The van der Waals surface area contributed by atoms with E-state index in [1.165, 1.54) is 0 Å². The van der Waals surface area contributed by atoms with Crippen LogP contribution in [-0.4, -0.2) is 26.6 Å². The maximum Gasteiger partial charge on any atom is 0.254 e. The van der Waals surface area contributed by atoms with Crippen LogP contribution in [0, 0.1) is 6.92 Å². The number of aromatic nitrogens is 4. The van der Waals surface area contributed by atoms with E-state index in [1.807, 2.05) is 44.3 Å². The topological polar surface area (TPSA) is 67.1 Å². The third-order valence-corrected chi connectivity index (χ3v) is 3.15. The molecule has 0 spiro atoms. The second kappa shape index (κ2) is 5.67. The van der Waals surface area contributed by atoms with Gasteiger partial charge in [0.2, 0.25) is 0 Å². The molecule has 21 heavy (non-hydrogen) atoms. The van der Waals surface area contributed by atoms with Gasteiger partial charge in [0.15, 0.2) is 5.82 Å². The molecular weight excluding hydrogens is 288 g/mol. The van der Waals surface area contributed by atoms with Crippen molar-refractivity contribution in [3.63, 3.8) is 0 Å². The van der Waals surface area contributed by atoms with E-state index in [9.17, 15) is 0 Å². The third-order valence-electron chi connectivity index (χ3n) is 2.92. The number of rotatable bonds is 4. The zero-order valence-electron chi connectivity index (χ0n) is 11.8. The number of nitrogens with zero attached hydrogens (tertiary/aromatic N) is 4. The Balaban J connectivity index is 2.04. The molecule has 0 aliphatic rings. The molecule has 0 aliphatic heterocycles. The van der Waals surface area contributed by atoms with Gasteiger partial charge in [0.05, 0.1) is 6.54 Å². The lowest BCUT2D eigenvalue weighted by atomic mass is 10.3. The molecule has 0 bridgehead atoms. The molecule has 1 aromatic carbocycles. The molecule has 7 heteroatoms. The fourth-order valence-electron chi connectivity index (χ4n) is 2.06. The van der Waals surface area contributed by atoms with Crippen molar-refractivity contribution < 1.29 is 0 Å². The summed E-state index contributed by atoms with van der Waals surface area (Å²) in [5.74, 6) is 2.07. The van der Waals surface area contributed by atoms with Crippen molar-refractivity contribution in [3.8, 4) is 0 Å². The lowest BCUT2D eigenvalue weighted by Crippen LogP contribution is -2.07. The Morgan fingerprint density at radius 2 is 2.10 bits per heavy atom. The Morgan fingerprint density at radius 3 is 2.86 bits per heavy atom. The molecule has 0 atom stereocenters. The van der Waals surface area contributed by atoms with Crippen molar-refractivity contribution >= 4 is 28.9 Å². The monoisotopic (exact) mass is 302 g/mol. The summed E-state index contributed by atoms with van der Waals surface area (Å²) in [6, 6.07) is 9.45. The van der Waals surface area contributed by atoms with E-state index in [1.54, 1.807) is 4.52 Å². The van der Waals surface area contributed by atoms with Gasteiger partial charge in [0.25, 0.3) is 5.78 Å². The number of hydrogen-bond acceptors (Lipinski definition) is 5. The highest BCUT2D eigenvalue weighted by molar-refractivity contribution is 6.30. The smallest absolute Gasteiger partial charge is 0.254 e. The second-order valence-electron chi connectivity index (χ2n) is 4.69. The maximum atomic E-state index is 6.01. The van der Waals surface area contributed by atoms with Gasteiger partial charge in [-0.25, -0.2) is 4.98 Å². The van der Waals surface area contributed by atoms with Crippen LogP contribution >= 0.6 is 11.6 Å². The molecule has 0 saturated carbocycles. The molecule has 0 saturated heterocycles. The summed E-state index contributed by atoms with van der Waals surface area (Å²) >= 11 is 6.01. The zero-order chi connectivity index (χ0) is 14.8. The van der Waals surface area contributed by atoms with Crippen LogP contribution in [0.5, 0.6) is 0 Å². The summed E-state index contributed by atoms with van der Waals surface area (Å²) in [6.45, 7) is 2.52. The predicted molar refractivity (Wildman–Crippen MR) is 83.0 cm³/mol. The van der Waals surface area contributed by atoms with Gasteiger partial charge in [0, 0.05) is 22.5 Å². The minimum atomic E-state index is 0.574. The first-order chi connectivity index (χ1) is 10.2. The highest BCUT2D eigenvalue weighted by Crippen LogP contribution is 2.20. The van der Waals surface area contributed by atoms with E-state index < -0.39 is 0 Å². The highest BCUT2D eigenvalue weighted by Gasteiger charge is 2.09. The molecule has 2 N–H and O–H groups in total. The Labute approximate surface area is 127 Å². The van der Waals surface area contributed by atoms with E-state index in [2.05, 4.69) is 25.7 Å². The number of hydrogen-bond donors (Lipinski definition) is 2. The number of aryl methyl sites for hydroxylation is 1. The van der Waals surface area contributed by atoms with Crippen molar-refractivity contribution in [2.24, 2.45) is 0 Å². The molecular formula is C14H15ClN6. The molecule has 2 aromatic heterocycles. The Hall–Kier alpha value is -2.18. The van der Waals surface area contributed by atoms with Gasteiger partial charge >= 0.3 is 0 Å². The molecule has 2 heterocycles. The number of nitrogens with one attached hydrogen (secondary N) is 2. The van der Waals surface area contributed by atoms with Crippen LogP contribution < -0.4 is 10.6 Å². The molecule has 3 rings (SSSR count). The van der Waals surface area contributed by atoms with Crippen LogP contribution in [0.1, 0.15) is 11.5 Å². The Kier molecular flexibility index (Phi) is 3.72. The quantitative estimate of drug-likeness (QED) is 0.775. The summed E-state index contributed by atoms with van der Waals surface area (Å²) in [5.41, 5.74) is 1.76. The van der Waals surface area contributed by atoms with Crippen LogP contribution in [0.3, 0.4) is 0 Å². The van der Waals surface area contributed by atoms with E-state index >= 15 is 0 Å². The first kappa shape index (κ1) is 13.8. The molecule has 3 aromatic rings. The van der Waals surface area contributed by atoms with E-state index in [4.69, 9.17) is 11.6 Å². The van der Waals surface area contributed by atoms with Crippen LogP contribution in [-0.2, 0) is 6.54 Å². The van der Waals surface area contributed by atoms with Gasteiger partial charge in [-0.2, -0.15) is 9.50 Å². The summed E-state index contributed by atoms with van der Waals surface area (Å²) in [6.07, 6.45) is 0. The summed E-state index contributed by atoms with van der Waals surface area (Å²) in [4.78, 5) is 8.79. The van der Waals surface area contributed by atoms with Gasteiger partial charge in [-0.15, -0.1) is 5.10 Å². The average Bonchev–Trinajstić information content (AvgIpc) is 2.81. The Bertz CT molecular complexity index is 782.